The highest BCUT2D eigenvalue weighted by Gasteiger charge is 2.45. The van der Waals surface area contributed by atoms with Gasteiger partial charge in [-0.15, -0.1) is 0 Å². The minimum Gasteiger partial charge on any atom is -0.326 e. The van der Waals surface area contributed by atoms with Crippen LogP contribution in [0.25, 0.3) is 0 Å². The highest BCUT2D eigenvalue weighted by molar-refractivity contribution is 5.76. The van der Waals surface area contributed by atoms with Crippen LogP contribution in [-0.2, 0) is 0 Å². The van der Waals surface area contributed by atoms with E-state index in [0.29, 0.717) is 0 Å². The van der Waals surface area contributed by atoms with Crippen molar-refractivity contribution in [1.82, 2.24) is 10.2 Å². The van der Waals surface area contributed by atoms with E-state index in [4.69, 9.17) is 0 Å². The molecule has 3 nitrogen and oxygen atoms in total. The number of alkyl halides is 3. The van der Waals surface area contributed by atoms with Gasteiger partial charge < -0.3 is 10.2 Å². The van der Waals surface area contributed by atoms with Crippen LogP contribution in [0.4, 0.5) is 18.0 Å². The van der Waals surface area contributed by atoms with Crippen molar-refractivity contribution in [1.29, 1.82) is 0 Å². The molecule has 1 heterocycles. The zero-order chi connectivity index (χ0) is 11.9. The fraction of sp³-hybridized carbons (Fsp3) is 0.889. The van der Waals surface area contributed by atoms with Gasteiger partial charge in [-0.3, -0.25) is 0 Å². The number of halogens is 3. The lowest BCUT2D eigenvalue weighted by molar-refractivity contribution is -0.159. The molecule has 88 valence electrons. The predicted octanol–water partition coefficient (Wildman–Crippen LogP) is 2.13. The Morgan fingerprint density at radius 2 is 1.87 bits per heavy atom. The van der Waals surface area contributed by atoms with Crippen molar-refractivity contribution in [3.8, 4) is 0 Å². The van der Waals surface area contributed by atoms with Crippen molar-refractivity contribution >= 4 is 6.03 Å². The van der Waals surface area contributed by atoms with Crippen LogP contribution in [0.2, 0.25) is 0 Å². The molecule has 1 aliphatic rings. The number of nitrogens with one attached hydrogen (secondary N) is 1. The van der Waals surface area contributed by atoms with Gasteiger partial charge in [0.25, 0.3) is 0 Å². The summed E-state index contributed by atoms with van der Waals surface area (Å²) < 4.78 is 36.9. The first-order valence-corrected chi connectivity index (χ1v) is 4.77. The maximum absolute atomic E-state index is 12.3. The van der Waals surface area contributed by atoms with Crippen LogP contribution in [0.5, 0.6) is 0 Å². The van der Waals surface area contributed by atoms with Crippen LogP contribution < -0.4 is 5.32 Å². The van der Waals surface area contributed by atoms with Gasteiger partial charge in [-0.25, -0.2) is 4.79 Å². The average molecular weight is 224 g/mol. The second-order valence-corrected chi connectivity index (χ2v) is 4.65. The first kappa shape index (κ1) is 12.1. The molecular formula is C9H15F3N2O. The molecule has 15 heavy (non-hydrogen) atoms. The Balaban J connectivity index is 2.68. The molecule has 1 aliphatic heterocycles. The standard InChI is InChI=1S/C9H15F3N2O/c1-8(2,3)14-5-4-6(9(10,11)12)13-7(14)15/h6H,4-5H2,1-3H3,(H,13,15). The normalized spacial score (nSPS) is 24.0. The van der Waals surface area contributed by atoms with E-state index in [0.717, 1.165) is 0 Å². The van der Waals surface area contributed by atoms with E-state index in [1.165, 1.54) is 4.90 Å². The fourth-order valence-electron chi connectivity index (χ4n) is 1.54. The monoisotopic (exact) mass is 224 g/mol. The predicted molar refractivity (Wildman–Crippen MR) is 49.5 cm³/mol. The van der Waals surface area contributed by atoms with Crippen molar-refractivity contribution in [2.75, 3.05) is 6.54 Å². The third-order valence-electron chi connectivity index (χ3n) is 2.39. The molecule has 1 atom stereocenters. The minimum atomic E-state index is -4.35. The SMILES string of the molecule is CC(C)(C)N1CCC(C(F)(F)F)NC1=O. The Bertz CT molecular complexity index is 257. The molecule has 0 aromatic rings. The first-order valence-electron chi connectivity index (χ1n) is 4.77. The quantitative estimate of drug-likeness (QED) is 0.671. The van der Waals surface area contributed by atoms with Crippen molar-refractivity contribution in [2.24, 2.45) is 0 Å². The van der Waals surface area contributed by atoms with Gasteiger partial charge in [0.05, 0.1) is 0 Å². The molecule has 0 bridgehead atoms. The number of hydrogen-bond donors (Lipinski definition) is 1. The second kappa shape index (κ2) is 3.57. The largest absolute Gasteiger partial charge is 0.408 e. The van der Waals surface area contributed by atoms with Crippen LogP contribution in [0.3, 0.4) is 0 Å². The van der Waals surface area contributed by atoms with Gasteiger partial charge in [-0.1, -0.05) is 0 Å². The number of hydrogen-bond acceptors (Lipinski definition) is 1. The van der Waals surface area contributed by atoms with Crippen LogP contribution in [0, 0.1) is 0 Å². The van der Waals surface area contributed by atoms with E-state index in [-0.39, 0.29) is 13.0 Å². The Labute approximate surface area is 86.6 Å². The van der Waals surface area contributed by atoms with Crippen LogP contribution in [0.1, 0.15) is 27.2 Å². The number of carbonyl (C=O) groups is 1. The Hall–Kier alpha value is -0.940. The van der Waals surface area contributed by atoms with Gasteiger partial charge in [0.1, 0.15) is 6.04 Å². The van der Waals surface area contributed by atoms with Crippen molar-refractivity contribution < 1.29 is 18.0 Å². The van der Waals surface area contributed by atoms with Gasteiger partial charge in [-0.05, 0) is 27.2 Å². The summed E-state index contributed by atoms with van der Waals surface area (Å²) in [5.41, 5.74) is -0.444. The zero-order valence-corrected chi connectivity index (χ0v) is 8.98. The van der Waals surface area contributed by atoms with Gasteiger partial charge >= 0.3 is 12.2 Å². The molecule has 0 radical (unpaired) electrons. The third kappa shape index (κ3) is 2.76. The first-order chi connectivity index (χ1) is 6.62. The highest BCUT2D eigenvalue weighted by atomic mass is 19.4. The second-order valence-electron chi connectivity index (χ2n) is 4.65. The number of rotatable bonds is 0. The van der Waals surface area contributed by atoms with Gasteiger partial charge in [0, 0.05) is 12.1 Å². The summed E-state index contributed by atoms with van der Waals surface area (Å²) in [4.78, 5) is 12.8. The maximum atomic E-state index is 12.3. The zero-order valence-electron chi connectivity index (χ0n) is 8.98. The van der Waals surface area contributed by atoms with Crippen molar-refractivity contribution in [3.05, 3.63) is 0 Å². The molecule has 0 aromatic carbocycles. The maximum Gasteiger partial charge on any atom is 0.408 e. The van der Waals surface area contributed by atoms with E-state index < -0.39 is 23.8 Å². The van der Waals surface area contributed by atoms with Crippen molar-refractivity contribution in [3.63, 3.8) is 0 Å². The molecule has 6 heteroatoms. The van der Waals surface area contributed by atoms with E-state index >= 15 is 0 Å². The van der Waals surface area contributed by atoms with Crippen LogP contribution in [0.15, 0.2) is 0 Å². The number of urea groups is 1. The summed E-state index contributed by atoms with van der Waals surface area (Å²) in [6, 6.07) is -2.35. The molecule has 1 fully saturated rings. The van der Waals surface area contributed by atoms with Gasteiger partial charge in [0.15, 0.2) is 0 Å². The smallest absolute Gasteiger partial charge is 0.326 e. The summed E-state index contributed by atoms with van der Waals surface area (Å²) in [6.07, 6.45) is -4.44. The van der Waals surface area contributed by atoms with E-state index in [1.54, 1.807) is 20.8 Å². The van der Waals surface area contributed by atoms with Crippen LogP contribution in [-0.4, -0.2) is 35.2 Å². The molecule has 1 rings (SSSR count). The molecule has 1 unspecified atom stereocenters. The average Bonchev–Trinajstić information content (AvgIpc) is 1.99. The molecule has 0 spiro atoms. The summed E-state index contributed by atoms with van der Waals surface area (Å²) in [5, 5.41) is 1.97. The number of nitrogens with zero attached hydrogens (tertiary/aromatic N) is 1. The molecule has 0 aromatic heterocycles. The fourth-order valence-corrected chi connectivity index (χ4v) is 1.54. The lowest BCUT2D eigenvalue weighted by atomic mass is 10.0. The van der Waals surface area contributed by atoms with Gasteiger partial charge in [-0.2, -0.15) is 13.2 Å². The van der Waals surface area contributed by atoms with Gasteiger partial charge in [0.2, 0.25) is 0 Å². The number of amides is 2. The van der Waals surface area contributed by atoms with Crippen LogP contribution >= 0.6 is 0 Å². The highest BCUT2D eigenvalue weighted by Crippen LogP contribution is 2.27. The lowest BCUT2D eigenvalue weighted by Gasteiger charge is -2.41. The Morgan fingerprint density at radius 1 is 1.33 bits per heavy atom. The summed E-state index contributed by atoms with van der Waals surface area (Å²) in [5.74, 6) is 0. The number of carbonyl (C=O) groups excluding carboxylic acids is 1. The Morgan fingerprint density at radius 3 is 2.20 bits per heavy atom. The molecule has 2 amide bonds. The summed E-state index contributed by atoms with van der Waals surface area (Å²) in [7, 11) is 0. The lowest BCUT2D eigenvalue weighted by Crippen LogP contribution is -2.61. The Kier molecular flexibility index (Phi) is 2.89. The molecule has 1 saturated heterocycles. The van der Waals surface area contributed by atoms with E-state index in [2.05, 4.69) is 0 Å². The van der Waals surface area contributed by atoms with Crippen molar-refractivity contribution in [2.45, 2.75) is 44.9 Å². The summed E-state index contributed by atoms with van der Waals surface area (Å²) >= 11 is 0. The van der Waals surface area contributed by atoms with E-state index in [9.17, 15) is 18.0 Å². The summed E-state index contributed by atoms with van der Waals surface area (Å²) in [6.45, 7) is 5.51. The third-order valence-corrected chi connectivity index (χ3v) is 2.39. The molecule has 0 aliphatic carbocycles. The van der Waals surface area contributed by atoms with E-state index in [1.807, 2.05) is 5.32 Å². The minimum absolute atomic E-state index is 0.0908. The molecular weight excluding hydrogens is 209 g/mol. The molecule has 1 N–H and O–H groups in total. The molecule has 0 saturated carbocycles. The topological polar surface area (TPSA) is 32.3 Å².